The largest absolute Gasteiger partial charge is 0.373 e. The van der Waals surface area contributed by atoms with Crippen molar-refractivity contribution in [2.75, 3.05) is 13.1 Å². The van der Waals surface area contributed by atoms with E-state index in [1.54, 1.807) is 41.7 Å². The zero-order valence-corrected chi connectivity index (χ0v) is 15.9. The first-order valence-corrected chi connectivity index (χ1v) is 9.62. The summed E-state index contributed by atoms with van der Waals surface area (Å²) in [6, 6.07) is 10.4. The van der Waals surface area contributed by atoms with Gasteiger partial charge in [-0.25, -0.2) is 9.07 Å². The van der Waals surface area contributed by atoms with Crippen LogP contribution in [0, 0.1) is 5.82 Å². The molecule has 3 heterocycles. The minimum atomic E-state index is -0.302. The van der Waals surface area contributed by atoms with E-state index in [0.29, 0.717) is 25.3 Å². The molecule has 0 bridgehead atoms. The first-order valence-electron chi connectivity index (χ1n) is 9.62. The number of hydrogen-bond acceptors (Lipinski definition) is 5. The van der Waals surface area contributed by atoms with E-state index in [1.807, 2.05) is 12.1 Å². The van der Waals surface area contributed by atoms with Gasteiger partial charge in [0.2, 0.25) is 0 Å². The molecule has 1 aliphatic rings. The summed E-state index contributed by atoms with van der Waals surface area (Å²) in [5.74, 6) is -0.459. The third kappa shape index (κ3) is 4.83. The summed E-state index contributed by atoms with van der Waals surface area (Å²) in [6.07, 6.45) is 6.77. The molecule has 0 aliphatic carbocycles. The van der Waals surface area contributed by atoms with Crippen LogP contribution in [-0.4, -0.2) is 50.0 Å². The number of piperidine rings is 1. The fourth-order valence-electron chi connectivity index (χ4n) is 3.36. The smallest absolute Gasteiger partial charge is 0.276 e. The Morgan fingerprint density at radius 1 is 1.17 bits per heavy atom. The van der Waals surface area contributed by atoms with Crippen LogP contribution in [0.3, 0.4) is 0 Å². The van der Waals surface area contributed by atoms with Gasteiger partial charge in [-0.1, -0.05) is 29.5 Å². The molecule has 0 saturated carbocycles. The lowest BCUT2D eigenvalue weighted by atomic mass is 10.1. The van der Waals surface area contributed by atoms with Crippen molar-refractivity contribution in [1.29, 1.82) is 0 Å². The van der Waals surface area contributed by atoms with Crippen LogP contribution in [0.5, 0.6) is 0 Å². The Kier molecular flexibility index (Phi) is 5.90. The number of aromatic nitrogens is 4. The summed E-state index contributed by atoms with van der Waals surface area (Å²) in [6.45, 7) is 1.97. The van der Waals surface area contributed by atoms with Gasteiger partial charge in [0.15, 0.2) is 5.69 Å². The SMILES string of the molecule is O=C(c1cn(Cc2ccccc2F)nn1)N1CCC(OCc2cccnc2)CC1. The number of nitrogens with zero attached hydrogens (tertiary/aromatic N) is 5. The Bertz CT molecular complexity index is 954. The van der Waals surface area contributed by atoms with E-state index in [-0.39, 0.29) is 30.1 Å². The molecular weight excluding hydrogens is 373 g/mol. The second kappa shape index (κ2) is 8.91. The number of pyridine rings is 1. The lowest BCUT2D eigenvalue weighted by molar-refractivity contribution is -0.000600. The highest BCUT2D eigenvalue weighted by Gasteiger charge is 2.25. The molecule has 0 N–H and O–H groups in total. The second-order valence-electron chi connectivity index (χ2n) is 7.06. The Hall–Kier alpha value is -3.13. The maximum atomic E-state index is 13.8. The molecule has 1 amide bonds. The van der Waals surface area contributed by atoms with E-state index in [9.17, 15) is 9.18 Å². The van der Waals surface area contributed by atoms with Gasteiger partial charge in [0.05, 0.1) is 25.5 Å². The zero-order valence-electron chi connectivity index (χ0n) is 15.9. The van der Waals surface area contributed by atoms with Crippen molar-refractivity contribution in [1.82, 2.24) is 24.9 Å². The maximum absolute atomic E-state index is 13.8. The van der Waals surface area contributed by atoms with E-state index in [1.165, 1.54) is 10.7 Å². The monoisotopic (exact) mass is 395 g/mol. The van der Waals surface area contributed by atoms with Gasteiger partial charge >= 0.3 is 0 Å². The van der Waals surface area contributed by atoms with Crippen LogP contribution in [0.25, 0.3) is 0 Å². The molecule has 0 spiro atoms. The first-order chi connectivity index (χ1) is 14.2. The van der Waals surface area contributed by atoms with Crippen molar-refractivity contribution < 1.29 is 13.9 Å². The fraction of sp³-hybridized carbons (Fsp3) is 0.333. The summed E-state index contributed by atoms with van der Waals surface area (Å²) in [7, 11) is 0. The molecule has 2 aromatic heterocycles. The predicted octanol–water partition coefficient (Wildman–Crippen LogP) is 2.68. The molecule has 29 heavy (non-hydrogen) atoms. The lowest BCUT2D eigenvalue weighted by Gasteiger charge is -2.31. The van der Waals surface area contributed by atoms with Gasteiger partial charge in [0.1, 0.15) is 5.82 Å². The maximum Gasteiger partial charge on any atom is 0.276 e. The van der Waals surface area contributed by atoms with Crippen LogP contribution in [0.4, 0.5) is 4.39 Å². The van der Waals surface area contributed by atoms with Gasteiger partial charge in [-0.15, -0.1) is 5.10 Å². The van der Waals surface area contributed by atoms with Crippen LogP contribution in [-0.2, 0) is 17.9 Å². The molecule has 1 saturated heterocycles. The molecular formula is C21H22FN5O2. The number of likely N-dealkylation sites (tertiary alicyclic amines) is 1. The standard InChI is InChI=1S/C21H22FN5O2/c22-19-6-2-1-5-17(19)13-27-14-20(24-25-27)21(28)26-10-7-18(8-11-26)29-15-16-4-3-9-23-12-16/h1-6,9,12,14,18H,7-8,10-11,13,15H2. The van der Waals surface area contributed by atoms with Gasteiger partial charge in [0, 0.05) is 31.0 Å². The van der Waals surface area contributed by atoms with Crippen LogP contribution >= 0.6 is 0 Å². The summed E-state index contributed by atoms with van der Waals surface area (Å²) in [4.78, 5) is 18.6. The van der Waals surface area contributed by atoms with Gasteiger partial charge in [-0.05, 0) is 30.5 Å². The summed E-state index contributed by atoms with van der Waals surface area (Å²) in [5.41, 5.74) is 1.82. The molecule has 0 atom stereocenters. The normalized spacial score (nSPS) is 14.9. The second-order valence-corrected chi connectivity index (χ2v) is 7.06. The van der Waals surface area contributed by atoms with Gasteiger partial charge in [0.25, 0.3) is 5.91 Å². The topological polar surface area (TPSA) is 73.1 Å². The summed E-state index contributed by atoms with van der Waals surface area (Å²) >= 11 is 0. The molecule has 4 rings (SSSR count). The molecule has 0 unspecified atom stereocenters. The Morgan fingerprint density at radius 3 is 2.76 bits per heavy atom. The van der Waals surface area contributed by atoms with Crippen molar-refractivity contribution in [2.24, 2.45) is 0 Å². The number of rotatable bonds is 6. The molecule has 8 heteroatoms. The van der Waals surface area contributed by atoms with Crippen LogP contribution in [0.2, 0.25) is 0 Å². The molecule has 0 radical (unpaired) electrons. The van der Waals surface area contributed by atoms with E-state index in [4.69, 9.17) is 4.74 Å². The molecule has 1 fully saturated rings. The molecule has 1 aliphatic heterocycles. The van der Waals surface area contributed by atoms with Gasteiger partial charge in [-0.3, -0.25) is 9.78 Å². The Morgan fingerprint density at radius 2 is 2.00 bits per heavy atom. The highest BCUT2D eigenvalue weighted by molar-refractivity contribution is 5.92. The zero-order chi connectivity index (χ0) is 20.1. The number of amides is 1. The molecule has 7 nitrogen and oxygen atoms in total. The fourth-order valence-corrected chi connectivity index (χ4v) is 3.36. The van der Waals surface area contributed by atoms with Crippen LogP contribution in [0.1, 0.15) is 34.5 Å². The minimum Gasteiger partial charge on any atom is -0.373 e. The first kappa shape index (κ1) is 19.2. The minimum absolute atomic E-state index is 0.121. The van der Waals surface area contributed by atoms with E-state index in [0.717, 1.165) is 18.4 Å². The highest BCUT2D eigenvalue weighted by atomic mass is 19.1. The van der Waals surface area contributed by atoms with E-state index >= 15 is 0 Å². The predicted molar refractivity (Wildman–Crippen MR) is 103 cm³/mol. The number of hydrogen-bond donors (Lipinski definition) is 0. The van der Waals surface area contributed by atoms with Crippen molar-refractivity contribution in [3.8, 4) is 0 Å². The average Bonchev–Trinajstić information content (AvgIpc) is 3.23. The number of benzene rings is 1. The third-order valence-corrected chi connectivity index (χ3v) is 4.99. The molecule has 150 valence electrons. The number of carbonyl (C=O) groups is 1. The highest BCUT2D eigenvalue weighted by Crippen LogP contribution is 2.17. The van der Waals surface area contributed by atoms with Gasteiger partial charge < -0.3 is 9.64 Å². The number of carbonyl (C=O) groups excluding carboxylic acids is 1. The molecule has 3 aromatic rings. The lowest BCUT2D eigenvalue weighted by Crippen LogP contribution is -2.41. The third-order valence-electron chi connectivity index (χ3n) is 4.99. The van der Waals surface area contributed by atoms with Crippen molar-refractivity contribution in [2.45, 2.75) is 32.1 Å². The van der Waals surface area contributed by atoms with Crippen LogP contribution in [0.15, 0.2) is 55.0 Å². The van der Waals surface area contributed by atoms with Crippen molar-refractivity contribution in [3.63, 3.8) is 0 Å². The molecule has 1 aromatic carbocycles. The number of halogens is 1. The quantitative estimate of drug-likeness (QED) is 0.642. The van der Waals surface area contributed by atoms with Crippen molar-refractivity contribution >= 4 is 5.91 Å². The van der Waals surface area contributed by atoms with Gasteiger partial charge in [-0.2, -0.15) is 0 Å². The summed E-state index contributed by atoms with van der Waals surface area (Å²) in [5, 5.41) is 7.94. The number of ether oxygens (including phenoxy) is 1. The van der Waals surface area contributed by atoms with E-state index in [2.05, 4.69) is 15.3 Å². The average molecular weight is 395 g/mol. The Labute approximate surface area is 168 Å². The summed E-state index contributed by atoms with van der Waals surface area (Å²) < 4.78 is 21.2. The van der Waals surface area contributed by atoms with Crippen LogP contribution < -0.4 is 0 Å². The van der Waals surface area contributed by atoms with Crippen molar-refractivity contribution in [3.05, 3.63) is 77.6 Å². The Balaban J connectivity index is 1.28. The van der Waals surface area contributed by atoms with E-state index < -0.39 is 0 Å².